The van der Waals surface area contributed by atoms with Crippen molar-refractivity contribution in [2.24, 2.45) is 4.99 Å². The molecule has 2 aliphatic rings. The molecule has 0 spiro atoms. The Morgan fingerprint density at radius 2 is 1.69 bits per heavy atom. The Morgan fingerprint density at radius 3 is 2.47 bits per heavy atom. The van der Waals surface area contributed by atoms with E-state index in [2.05, 4.69) is 56.9 Å². The minimum Gasteiger partial charge on any atom is -0.372 e. The number of hydrogen-bond acceptors (Lipinski definition) is 3. The number of rotatable bonds is 8. The van der Waals surface area contributed by atoms with Crippen LogP contribution >= 0.6 is 24.0 Å². The first-order valence-electron chi connectivity index (χ1n) is 11.7. The van der Waals surface area contributed by atoms with Gasteiger partial charge < -0.3 is 15.4 Å². The molecule has 0 radical (unpaired) electrons. The Morgan fingerprint density at radius 1 is 0.969 bits per heavy atom. The van der Waals surface area contributed by atoms with Crippen molar-refractivity contribution in [3.63, 3.8) is 0 Å². The number of guanidine groups is 1. The molecule has 2 N–H and O–H groups in total. The van der Waals surface area contributed by atoms with Gasteiger partial charge in [0.05, 0.1) is 13.2 Å². The van der Waals surface area contributed by atoms with Crippen LogP contribution in [0.2, 0.25) is 0 Å². The molecule has 2 aromatic carbocycles. The van der Waals surface area contributed by atoms with Gasteiger partial charge in [-0.15, -0.1) is 24.0 Å². The quantitative estimate of drug-likeness (QED) is 0.285. The average molecular weight is 549 g/mol. The summed E-state index contributed by atoms with van der Waals surface area (Å²) in [5, 5.41) is 7.11. The number of nitrogens with zero attached hydrogens (tertiary/aromatic N) is 2. The second-order valence-corrected chi connectivity index (χ2v) is 8.79. The molecule has 32 heavy (non-hydrogen) atoms. The van der Waals surface area contributed by atoms with Crippen LogP contribution in [0.4, 0.5) is 0 Å². The first-order valence-corrected chi connectivity index (χ1v) is 11.7. The van der Waals surface area contributed by atoms with E-state index in [9.17, 15) is 0 Å². The fraction of sp³-hybridized carbons (Fsp3) is 0.500. The standard InChI is InChI=1S/C26H36N4O.HI/c1-27-26(29-24-14-15-30(18-24)25-12-5-6-13-25)28-17-22-10-7-11-23(16-22)20-31-19-21-8-3-2-4-9-21;/h2-4,7-11,16,24-25H,5-6,12-15,17-20H2,1H3,(H2,27,28,29);1H. The molecule has 4 rings (SSSR count). The molecule has 2 aromatic rings. The highest BCUT2D eigenvalue weighted by atomic mass is 127. The molecule has 174 valence electrons. The predicted octanol–water partition coefficient (Wildman–Crippen LogP) is 4.70. The fourth-order valence-electron chi connectivity index (χ4n) is 4.77. The van der Waals surface area contributed by atoms with Crippen molar-refractivity contribution in [2.45, 2.75) is 63.9 Å². The Labute approximate surface area is 210 Å². The molecule has 1 saturated heterocycles. The van der Waals surface area contributed by atoms with Crippen molar-refractivity contribution < 1.29 is 4.74 Å². The third-order valence-electron chi connectivity index (χ3n) is 6.46. The number of halogens is 1. The molecule has 1 unspecified atom stereocenters. The Balaban J connectivity index is 0.00000289. The van der Waals surface area contributed by atoms with Crippen molar-refractivity contribution in [2.75, 3.05) is 20.1 Å². The maximum Gasteiger partial charge on any atom is 0.191 e. The van der Waals surface area contributed by atoms with Crippen LogP contribution in [0.1, 0.15) is 48.8 Å². The smallest absolute Gasteiger partial charge is 0.191 e. The third-order valence-corrected chi connectivity index (χ3v) is 6.46. The number of nitrogens with one attached hydrogen (secondary N) is 2. The molecule has 0 bridgehead atoms. The number of likely N-dealkylation sites (tertiary alicyclic amines) is 1. The molecule has 1 saturated carbocycles. The summed E-state index contributed by atoms with van der Waals surface area (Å²) in [7, 11) is 1.85. The van der Waals surface area contributed by atoms with E-state index in [0.717, 1.165) is 25.1 Å². The molecular formula is C26H37IN4O. The minimum atomic E-state index is 0. The maximum atomic E-state index is 5.89. The van der Waals surface area contributed by atoms with Crippen molar-refractivity contribution >= 4 is 29.9 Å². The molecule has 0 amide bonds. The fourth-order valence-corrected chi connectivity index (χ4v) is 4.77. The molecule has 1 heterocycles. The summed E-state index contributed by atoms with van der Waals surface area (Å²) in [6, 6.07) is 20.2. The van der Waals surface area contributed by atoms with Crippen molar-refractivity contribution in [1.82, 2.24) is 15.5 Å². The average Bonchev–Trinajstić information content (AvgIpc) is 3.50. The first-order chi connectivity index (χ1) is 15.3. The van der Waals surface area contributed by atoms with Crippen molar-refractivity contribution in [1.29, 1.82) is 0 Å². The van der Waals surface area contributed by atoms with Crippen molar-refractivity contribution in [3.05, 3.63) is 71.3 Å². The predicted molar refractivity (Wildman–Crippen MR) is 142 cm³/mol. The van der Waals surface area contributed by atoms with Gasteiger partial charge >= 0.3 is 0 Å². The summed E-state index contributed by atoms with van der Waals surface area (Å²) < 4.78 is 5.89. The van der Waals surface area contributed by atoms with Gasteiger partial charge in [-0.3, -0.25) is 9.89 Å². The zero-order valence-electron chi connectivity index (χ0n) is 19.1. The third kappa shape index (κ3) is 7.46. The summed E-state index contributed by atoms with van der Waals surface area (Å²) in [6.07, 6.45) is 6.76. The highest BCUT2D eigenvalue weighted by Crippen LogP contribution is 2.26. The van der Waals surface area contributed by atoms with E-state index in [4.69, 9.17) is 4.74 Å². The van der Waals surface area contributed by atoms with Crippen LogP contribution in [0.3, 0.4) is 0 Å². The van der Waals surface area contributed by atoms with Gasteiger partial charge in [-0.25, -0.2) is 0 Å². The lowest BCUT2D eigenvalue weighted by Crippen LogP contribution is -2.45. The zero-order chi connectivity index (χ0) is 21.3. The summed E-state index contributed by atoms with van der Waals surface area (Å²) in [4.78, 5) is 7.12. The lowest BCUT2D eigenvalue weighted by Gasteiger charge is -2.24. The minimum absolute atomic E-state index is 0. The SMILES string of the molecule is CN=C(NCc1cccc(COCc2ccccc2)c1)NC1CCN(C2CCCC2)C1.I. The van der Waals surface area contributed by atoms with Gasteiger partial charge in [0.15, 0.2) is 5.96 Å². The van der Waals surface area contributed by atoms with Gasteiger partial charge in [-0.2, -0.15) is 0 Å². The molecule has 1 atom stereocenters. The molecule has 2 fully saturated rings. The van der Waals surface area contributed by atoms with Crippen LogP contribution in [-0.4, -0.2) is 43.1 Å². The molecule has 1 aliphatic carbocycles. The second-order valence-electron chi connectivity index (χ2n) is 8.79. The van der Waals surface area contributed by atoms with E-state index in [1.165, 1.54) is 55.3 Å². The highest BCUT2D eigenvalue weighted by molar-refractivity contribution is 14.0. The summed E-state index contributed by atoms with van der Waals surface area (Å²) in [5.41, 5.74) is 3.64. The summed E-state index contributed by atoms with van der Waals surface area (Å²) in [6.45, 7) is 4.36. The highest BCUT2D eigenvalue weighted by Gasteiger charge is 2.30. The second kappa shape index (κ2) is 13.2. The van der Waals surface area contributed by atoms with Crippen LogP contribution in [-0.2, 0) is 24.5 Å². The molecule has 0 aromatic heterocycles. The Bertz CT molecular complexity index is 839. The van der Waals surface area contributed by atoms with Crippen LogP contribution in [0.25, 0.3) is 0 Å². The normalized spacial score (nSPS) is 19.7. The van der Waals surface area contributed by atoms with Crippen LogP contribution in [0, 0.1) is 0 Å². The van der Waals surface area contributed by atoms with Gasteiger partial charge in [-0.1, -0.05) is 67.4 Å². The summed E-state index contributed by atoms with van der Waals surface area (Å²) in [5.74, 6) is 0.893. The van der Waals surface area contributed by atoms with Crippen LogP contribution in [0.15, 0.2) is 59.6 Å². The molecule has 1 aliphatic heterocycles. The monoisotopic (exact) mass is 548 g/mol. The van der Waals surface area contributed by atoms with E-state index in [0.29, 0.717) is 19.3 Å². The number of ether oxygens (including phenoxy) is 1. The number of aliphatic imine (C=N–C) groups is 1. The van der Waals surface area contributed by atoms with E-state index in [1.54, 1.807) is 0 Å². The Hall–Kier alpha value is -1.64. The van der Waals surface area contributed by atoms with E-state index in [-0.39, 0.29) is 24.0 Å². The van der Waals surface area contributed by atoms with Gasteiger partial charge in [0, 0.05) is 38.8 Å². The van der Waals surface area contributed by atoms with Gasteiger partial charge in [0.25, 0.3) is 0 Å². The molecular weight excluding hydrogens is 511 g/mol. The van der Waals surface area contributed by atoms with E-state index >= 15 is 0 Å². The summed E-state index contributed by atoms with van der Waals surface area (Å²) >= 11 is 0. The largest absolute Gasteiger partial charge is 0.372 e. The first kappa shape index (κ1) is 25.0. The molecule has 6 heteroatoms. The van der Waals surface area contributed by atoms with Gasteiger partial charge in [0.2, 0.25) is 0 Å². The lowest BCUT2D eigenvalue weighted by atomic mass is 10.1. The topological polar surface area (TPSA) is 48.9 Å². The van der Waals surface area contributed by atoms with Crippen molar-refractivity contribution in [3.8, 4) is 0 Å². The Kier molecular flexibility index (Phi) is 10.3. The van der Waals surface area contributed by atoms with E-state index < -0.39 is 0 Å². The van der Waals surface area contributed by atoms with E-state index in [1.807, 2.05) is 25.2 Å². The van der Waals surface area contributed by atoms with Gasteiger partial charge in [0.1, 0.15) is 0 Å². The van der Waals surface area contributed by atoms with Crippen LogP contribution in [0.5, 0.6) is 0 Å². The molecule has 5 nitrogen and oxygen atoms in total. The number of hydrogen-bond donors (Lipinski definition) is 2. The number of benzene rings is 2. The maximum absolute atomic E-state index is 5.89. The van der Waals surface area contributed by atoms with Gasteiger partial charge in [-0.05, 0) is 36.0 Å². The lowest BCUT2D eigenvalue weighted by molar-refractivity contribution is 0.107. The van der Waals surface area contributed by atoms with Crippen LogP contribution < -0.4 is 10.6 Å². The zero-order valence-corrected chi connectivity index (χ0v) is 21.5.